The number of nitrogens with zero attached hydrogens (tertiary/aromatic N) is 4. The quantitative estimate of drug-likeness (QED) is 0.194. The number of piperidine rings is 1. The molecule has 7 heteroatoms. The van der Waals surface area contributed by atoms with E-state index >= 15 is 0 Å². The van der Waals surface area contributed by atoms with E-state index < -0.39 is 0 Å². The van der Waals surface area contributed by atoms with Crippen molar-refractivity contribution in [3.8, 4) is 0 Å². The van der Waals surface area contributed by atoms with Crippen molar-refractivity contribution in [2.24, 2.45) is 4.99 Å². The van der Waals surface area contributed by atoms with Gasteiger partial charge < -0.3 is 15.5 Å². The van der Waals surface area contributed by atoms with Crippen LogP contribution in [0.15, 0.2) is 47.7 Å². The zero-order chi connectivity index (χ0) is 20.9. The van der Waals surface area contributed by atoms with E-state index in [1.807, 2.05) is 23.1 Å². The fraction of sp³-hybridized carbons (Fsp3) is 0.583. The van der Waals surface area contributed by atoms with Gasteiger partial charge in [0.25, 0.3) is 0 Å². The lowest BCUT2D eigenvalue weighted by Crippen LogP contribution is -2.37. The molecule has 6 nitrogen and oxygen atoms in total. The average Bonchev–Trinajstić information content (AvgIpc) is 3.29. The second-order valence-electron chi connectivity index (χ2n) is 8.06. The van der Waals surface area contributed by atoms with Gasteiger partial charge in [-0.15, -0.1) is 24.0 Å². The van der Waals surface area contributed by atoms with Crippen molar-refractivity contribution >= 4 is 29.9 Å². The van der Waals surface area contributed by atoms with Crippen LogP contribution in [0.1, 0.15) is 56.6 Å². The minimum atomic E-state index is 0. The maximum atomic E-state index is 4.82. The third-order valence-electron chi connectivity index (χ3n) is 5.65. The normalized spacial score (nSPS) is 14.8. The number of guanidine groups is 1. The van der Waals surface area contributed by atoms with Gasteiger partial charge in [0.1, 0.15) is 0 Å². The Bertz CT molecular complexity index is 740. The summed E-state index contributed by atoms with van der Waals surface area (Å²) in [6.07, 6.45) is 11.8. The Labute approximate surface area is 204 Å². The van der Waals surface area contributed by atoms with Gasteiger partial charge in [-0.2, -0.15) is 5.10 Å². The van der Waals surface area contributed by atoms with E-state index in [1.165, 1.54) is 69.3 Å². The molecule has 0 bridgehead atoms. The number of aliphatic imine (C=N–C) groups is 1. The minimum Gasteiger partial charge on any atom is -0.357 e. The first-order valence-electron chi connectivity index (χ1n) is 11.6. The lowest BCUT2D eigenvalue weighted by molar-refractivity contribution is 0.224. The smallest absolute Gasteiger partial charge is 0.191 e. The van der Waals surface area contributed by atoms with Crippen LogP contribution in [0.25, 0.3) is 0 Å². The Morgan fingerprint density at radius 1 is 1.00 bits per heavy atom. The number of likely N-dealkylation sites (tertiary alicyclic amines) is 1. The van der Waals surface area contributed by atoms with Gasteiger partial charge >= 0.3 is 0 Å². The summed E-state index contributed by atoms with van der Waals surface area (Å²) in [6.45, 7) is 9.27. The van der Waals surface area contributed by atoms with Gasteiger partial charge in [-0.05, 0) is 69.4 Å². The van der Waals surface area contributed by atoms with Crippen LogP contribution in [0, 0.1) is 0 Å². The summed E-state index contributed by atoms with van der Waals surface area (Å²) in [6, 6.07) is 10.4. The summed E-state index contributed by atoms with van der Waals surface area (Å²) in [5.74, 6) is 0.905. The maximum Gasteiger partial charge on any atom is 0.191 e. The molecule has 1 aliphatic rings. The zero-order valence-corrected chi connectivity index (χ0v) is 21.3. The van der Waals surface area contributed by atoms with Crippen molar-refractivity contribution in [3.05, 3.63) is 53.9 Å². The number of aromatic nitrogens is 2. The molecular weight excluding hydrogens is 499 g/mol. The van der Waals surface area contributed by atoms with Crippen molar-refractivity contribution in [1.29, 1.82) is 0 Å². The Morgan fingerprint density at radius 3 is 2.55 bits per heavy atom. The van der Waals surface area contributed by atoms with Gasteiger partial charge in [0.2, 0.25) is 0 Å². The molecule has 1 fully saturated rings. The van der Waals surface area contributed by atoms with Crippen LogP contribution < -0.4 is 10.6 Å². The fourth-order valence-corrected chi connectivity index (χ4v) is 3.97. The van der Waals surface area contributed by atoms with Crippen LogP contribution in [-0.4, -0.2) is 53.4 Å². The molecule has 3 rings (SSSR count). The van der Waals surface area contributed by atoms with E-state index in [4.69, 9.17) is 4.99 Å². The van der Waals surface area contributed by atoms with Crippen molar-refractivity contribution in [2.75, 3.05) is 32.7 Å². The van der Waals surface area contributed by atoms with E-state index in [1.54, 1.807) is 0 Å². The first-order valence-corrected chi connectivity index (χ1v) is 11.6. The molecule has 0 aliphatic carbocycles. The summed E-state index contributed by atoms with van der Waals surface area (Å²) in [5, 5.41) is 11.2. The van der Waals surface area contributed by atoms with Crippen LogP contribution >= 0.6 is 24.0 Å². The van der Waals surface area contributed by atoms with E-state index in [2.05, 4.69) is 51.8 Å². The number of halogens is 1. The number of benzene rings is 1. The molecule has 0 unspecified atom stereocenters. The molecule has 1 saturated heterocycles. The van der Waals surface area contributed by atoms with Gasteiger partial charge in [-0.3, -0.25) is 4.68 Å². The van der Waals surface area contributed by atoms with Gasteiger partial charge in [0, 0.05) is 25.5 Å². The highest BCUT2D eigenvalue weighted by Gasteiger charge is 2.09. The number of hydrogen-bond acceptors (Lipinski definition) is 3. The van der Waals surface area contributed by atoms with E-state index in [9.17, 15) is 0 Å². The third-order valence-corrected chi connectivity index (χ3v) is 5.65. The van der Waals surface area contributed by atoms with Gasteiger partial charge in [0.05, 0.1) is 13.1 Å². The van der Waals surface area contributed by atoms with Gasteiger partial charge in [0.15, 0.2) is 5.96 Å². The standard InChI is InChI=1S/C24H38N6.HI/c1-2-25-24(26-14-7-3-8-16-29-17-9-4-10-18-29)27-20-22-12-5-6-13-23(22)21-30-19-11-15-28-30;/h5-6,11-13,15,19H,2-4,7-10,14,16-18,20-21H2,1H3,(H2,25,26,27);1H. The number of rotatable bonds is 11. The van der Waals surface area contributed by atoms with Crippen LogP contribution in [-0.2, 0) is 13.1 Å². The van der Waals surface area contributed by atoms with Crippen molar-refractivity contribution in [3.63, 3.8) is 0 Å². The van der Waals surface area contributed by atoms with Crippen molar-refractivity contribution in [2.45, 2.75) is 58.5 Å². The largest absolute Gasteiger partial charge is 0.357 e. The highest BCUT2D eigenvalue weighted by atomic mass is 127. The van der Waals surface area contributed by atoms with E-state index in [0.29, 0.717) is 6.54 Å². The molecule has 31 heavy (non-hydrogen) atoms. The molecule has 2 aromatic rings. The molecule has 0 radical (unpaired) electrons. The lowest BCUT2D eigenvalue weighted by atomic mass is 10.1. The highest BCUT2D eigenvalue weighted by Crippen LogP contribution is 2.12. The maximum absolute atomic E-state index is 4.82. The fourth-order valence-electron chi connectivity index (χ4n) is 3.97. The Balaban J connectivity index is 0.00000341. The van der Waals surface area contributed by atoms with Crippen LogP contribution in [0.3, 0.4) is 0 Å². The molecule has 2 heterocycles. The Morgan fingerprint density at radius 2 is 1.81 bits per heavy atom. The molecule has 1 aromatic heterocycles. The highest BCUT2D eigenvalue weighted by molar-refractivity contribution is 14.0. The topological polar surface area (TPSA) is 57.5 Å². The molecule has 2 N–H and O–H groups in total. The van der Waals surface area contributed by atoms with Gasteiger partial charge in [-0.1, -0.05) is 37.1 Å². The molecule has 1 aliphatic heterocycles. The van der Waals surface area contributed by atoms with E-state index in [0.717, 1.165) is 25.6 Å². The van der Waals surface area contributed by atoms with Crippen LogP contribution in [0.2, 0.25) is 0 Å². The Kier molecular flexibility index (Phi) is 12.6. The average molecular weight is 539 g/mol. The molecular formula is C24H39IN6. The molecule has 0 amide bonds. The minimum absolute atomic E-state index is 0. The summed E-state index contributed by atoms with van der Waals surface area (Å²) in [7, 11) is 0. The lowest BCUT2D eigenvalue weighted by Gasteiger charge is -2.26. The predicted molar refractivity (Wildman–Crippen MR) is 140 cm³/mol. The predicted octanol–water partition coefficient (Wildman–Crippen LogP) is 4.26. The molecule has 0 atom stereocenters. The molecule has 172 valence electrons. The monoisotopic (exact) mass is 538 g/mol. The number of hydrogen-bond donors (Lipinski definition) is 2. The second kappa shape index (κ2) is 15.2. The first-order chi connectivity index (χ1) is 14.8. The van der Waals surface area contributed by atoms with Crippen LogP contribution in [0.4, 0.5) is 0 Å². The summed E-state index contributed by atoms with van der Waals surface area (Å²) < 4.78 is 1.95. The Hall–Kier alpha value is -1.61. The van der Waals surface area contributed by atoms with Crippen molar-refractivity contribution < 1.29 is 0 Å². The summed E-state index contributed by atoms with van der Waals surface area (Å²) in [4.78, 5) is 7.45. The summed E-state index contributed by atoms with van der Waals surface area (Å²) >= 11 is 0. The van der Waals surface area contributed by atoms with Crippen molar-refractivity contribution in [1.82, 2.24) is 25.3 Å². The van der Waals surface area contributed by atoms with Crippen LogP contribution in [0.5, 0.6) is 0 Å². The number of unbranched alkanes of at least 4 members (excludes halogenated alkanes) is 2. The van der Waals surface area contributed by atoms with E-state index in [-0.39, 0.29) is 24.0 Å². The zero-order valence-electron chi connectivity index (χ0n) is 18.9. The number of nitrogens with one attached hydrogen (secondary N) is 2. The summed E-state index contributed by atoms with van der Waals surface area (Å²) in [5.41, 5.74) is 2.50. The second-order valence-corrected chi connectivity index (χ2v) is 8.06. The SMILES string of the molecule is CCNC(=NCc1ccccc1Cn1cccn1)NCCCCCN1CCCCC1.I. The third kappa shape index (κ3) is 9.60. The molecule has 1 aromatic carbocycles. The molecule has 0 spiro atoms. The molecule has 0 saturated carbocycles. The van der Waals surface area contributed by atoms with Gasteiger partial charge in [-0.25, -0.2) is 4.99 Å². The first kappa shape index (κ1) is 25.6.